The minimum Gasteiger partial charge on any atom is -0.300 e. The monoisotopic (exact) mass is 313 g/mol. The quantitative estimate of drug-likeness (QED) is 0.819. The van der Waals surface area contributed by atoms with Gasteiger partial charge in [-0.15, -0.1) is 0 Å². The highest BCUT2D eigenvalue weighted by Gasteiger charge is 2.50. The molecule has 23 heavy (non-hydrogen) atoms. The largest absolute Gasteiger partial charge is 0.300 e. The number of likely N-dealkylation sites (tertiary alicyclic amines) is 1. The molecular weight excluding hydrogens is 282 g/mol. The van der Waals surface area contributed by atoms with Crippen molar-refractivity contribution in [2.75, 3.05) is 13.1 Å². The predicted molar refractivity (Wildman–Crippen MR) is 93.6 cm³/mol. The molecule has 0 aromatic carbocycles. The number of hydrogen-bond acceptors (Lipinski definition) is 3. The van der Waals surface area contributed by atoms with E-state index in [1.807, 2.05) is 0 Å². The number of hydrogen-bond donors (Lipinski definition) is 0. The second-order valence-corrected chi connectivity index (χ2v) is 8.41. The second-order valence-electron chi connectivity index (χ2n) is 8.41. The Morgan fingerprint density at radius 1 is 1.17 bits per heavy atom. The van der Waals surface area contributed by atoms with E-state index in [-0.39, 0.29) is 0 Å². The van der Waals surface area contributed by atoms with Crippen LogP contribution in [0.3, 0.4) is 0 Å². The number of nitrogens with zero attached hydrogens (tertiary/aromatic N) is 3. The number of aromatic nitrogens is 2. The van der Waals surface area contributed by atoms with Crippen molar-refractivity contribution in [1.29, 1.82) is 0 Å². The molecular formula is C20H31N3. The van der Waals surface area contributed by atoms with Gasteiger partial charge in [0.25, 0.3) is 0 Å². The van der Waals surface area contributed by atoms with E-state index in [4.69, 9.17) is 0 Å². The van der Waals surface area contributed by atoms with Gasteiger partial charge in [-0.1, -0.05) is 20.3 Å². The Bertz CT molecular complexity index is 518. The van der Waals surface area contributed by atoms with E-state index in [0.717, 1.165) is 23.7 Å². The SMILES string of the molecule is CCC(C)c1ncc(C2CCN(C3CC4(CCC4)C3)CC2)cn1. The van der Waals surface area contributed by atoms with E-state index < -0.39 is 0 Å². The summed E-state index contributed by atoms with van der Waals surface area (Å²) in [5.41, 5.74) is 2.17. The fraction of sp³-hybridized carbons (Fsp3) is 0.800. The molecule has 1 aromatic rings. The lowest BCUT2D eigenvalue weighted by Crippen LogP contribution is -2.55. The summed E-state index contributed by atoms with van der Waals surface area (Å²) in [4.78, 5) is 12.0. The summed E-state index contributed by atoms with van der Waals surface area (Å²) in [5, 5.41) is 0. The van der Waals surface area contributed by atoms with Crippen molar-refractivity contribution in [3.8, 4) is 0 Å². The van der Waals surface area contributed by atoms with Crippen molar-refractivity contribution in [1.82, 2.24) is 14.9 Å². The first-order valence-electron chi connectivity index (χ1n) is 9.75. The smallest absolute Gasteiger partial charge is 0.131 e. The van der Waals surface area contributed by atoms with Crippen LogP contribution < -0.4 is 0 Å². The lowest BCUT2D eigenvalue weighted by molar-refractivity contribution is -0.0611. The number of piperidine rings is 1. The van der Waals surface area contributed by atoms with Crippen molar-refractivity contribution in [3.05, 3.63) is 23.8 Å². The Balaban J connectivity index is 1.29. The van der Waals surface area contributed by atoms with Crippen molar-refractivity contribution < 1.29 is 0 Å². The van der Waals surface area contributed by atoms with Crippen LogP contribution in [0.1, 0.15) is 88.4 Å². The maximum Gasteiger partial charge on any atom is 0.131 e. The van der Waals surface area contributed by atoms with E-state index >= 15 is 0 Å². The Morgan fingerprint density at radius 2 is 1.83 bits per heavy atom. The van der Waals surface area contributed by atoms with Gasteiger partial charge in [-0.3, -0.25) is 0 Å². The molecule has 3 heteroatoms. The lowest BCUT2D eigenvalue weighted by Gasteiger charge is -2.58. The molecule has 0 radical (unpaired) electrons. The topological polar surface area (TPSA) is 29.0 Å². The molecule has 1 aliphatic heterocycles. The third kappa shape index (κ3) is 2.93. The van der Waals surface area contributed by atoms with Gasteiger partial charge in [0.1, 0.15) is 5.82 Å². The maximum absolute atomic E-state index is 4.62. The molecule has 3 fully saturated rings. The van der Waals surface area contributed by atoms with E-state index in [1.165, 1.54) is 63.6 Å². The summed E-state index contributed by atoms with van der Waals surface area (Å²) < 4.78 is 0. The fourth-order valence-electron chi connectivity index (χ4n) is 4.88. The van der Waals surface area contributed by atoms with Crippen LogP contribution in [0, 0.1) is 5.41 Å². The summed E-state index contributed by atoms with van der Waals surface area (Å²) in [6.45, 7) is 6.96. The normalized spacial score (nSPS) is 26.7. The number of rotatable bonds is 4. The molecule has 3 nitrogen and oxygen atoms in total. The molecule has 0 bridgehead atoms. The summed E-state index contributed by atoms with van der Waals surface area (Å²) in [7, 11) is 0. The molecule has 2 saturated carbocycles. The van der Waals surface area contributed by atoms with Crippen LogP contribution in [0.2, 0.25) is 0 Å². The fourth-order valence-corrected chi connectivity index (χ4v) is 4.88. The van der Waals surface area contributed by atoms with Crippen LogP contribution in [-0.4, -0.2) is 34.0 Å². The zero-order valence-electron chi connectivity index (χ0n) is 14.8. The van der Waals surface area contributed by atoms with Gasteiger partial charge in [0.15, 0.2) is 0 Å². The first-order valence-corrected chi connectivity index (χ1v) is 9.75. The van der Waals surface area contributed by atoms with Crippen LogP contribution in [0.4, 0.5) is 0 Å². The van der Waals surface area contributed by atoms with Crippen molar-refractivity contribution in [2.24, 2.45) is 5.41 Å². The second kappa shape index (κ2) is 6.16. The molecule has 3 aliphatic rings. The molecule has 1 unspecified atom stereocenters. The molecule has 2 heterocycles. The van der Waals surface area contributed by atoms with Crippen LogP contribution in [-0.2, 0) is 0 Å². The van der Waals surface area contributed by atoms with Gasteiger partial charge < -0.3 is 4.90 Å². The van der Waals surface area contributed by atoms with Gasteiger partial charge >= 0.3 is 0 Å². The first kappa shape index (κ1) is 15.6. The van der Waals surface area contributed by atoms with Gasteiger partial charge in [0, 0.05) is 24.4 Å². The third-order valence-corrected chi connectivity index (χ3v) is 7.01. The average Bonchev–Trinajstić information content (AvgIpc) is 2.52. The van der Waals surface area contributed by atoms with Crippen molar-refractivity contribution >= 4 is 0 Å². The first-order chi connectivity index (χ1) is 11.2. The van der Waals surface area contributed by atoms with E-state index in [2.05, 4.69) is 41.1 Å². The molecule has 1 spiro atoms. The Labute approximate surface area is 140 Å². The highest BCUT2D eigenvalue weighted by atomic mass is 15.2. The minimum absolute atomic E-state index is 0.475. The Kier molecular flexibility index (Phi) is 4.17. The van der Waals surface area contributed by atoms with Crippen LogP contribution >= 0.6 is 0 Å². The molecule has 1 aromatic heterocycles. The maximum atomic E-state index is 4.62. The molecule has 1 saturated heterocycles. The predicted octanol–water partition coefficient (Wildman–Crippen LogP) is 4.50. The van der Waals surface area contributed by atoms with Crippen LogP contribution in [0.15, 0.2) is 12.4 Å². The molecule has 0 amide bonds. The third-order valence-electron chi connectivity index (χ3n) is 7.01. The van der Waals surface area contributed by atoms with Crippen molar-refractivity contribution in [2.45, 2.75) is 83.1 Å². The highest BCUT2D eigenvalue weighted by Crippen LogP contribution is 2.57. The van der Waals surface area contributed by atoms with Crippen LogP contribution in [0.25, 0.3) is 0 Å². The minimum atomic E-state index is 0.475. The van der Waals surface area contributed by atoms with E-state index in [0.29, 0.717) is 11.8 Å². The van der Waals surface area contributed by atoms with Gasteiger partial charge in [-0.2, -0.15) is 0 Å². The molecule has 4 rings (SSSR count). The summed E-state index contributed by atoms with van der Waals surface area (Å²) >= 11 is 0. The average molecular weight is 313 g/mol. The molecule has 0 N–H and O–H groups in total. The zero-order chi connectivity index (χ0) is 15.9. The van der Waals surface area contributed by atoms with Gasteiger partial charge in [-0.25, -0.2) is 9.97 Å². The Morgan fingerprint density at radius 3 is 2.35 bits per heavy atom. The van der Waals surface area contributed by atoms with E-state index in [1.54, 1.807) is 0 Å². The van der Waals surface area contributed by atoms with Gasteiger partial charge in [-0.05, 0) is 74.9 Å². The molecule has 1 atom stereocenters. The summed E-state index contributed by atoms with van der Waals surface area (Å²) in [6.07, 6.45) is 15.4. The van der Waals surface area contributed by atoms with Gasteiger partial charge in [0.2, 0.25) is 0 Å². The standard InChI is InChI=1S/C20H31N3/c1-3-15(2)19-21-13-17(14-22-19)16-5-9-23(10-6-16)18-11-20(12-18)7-4-8-20/h13-16,18H,3-12H2,1-2H3. The summed E-state index contributed by atoms with van der Waals surface area (Å²) in [5.74, 6) is 2.16. The highest BCUT2D eigenvalue weighted by molar-refractivity contribution is 5.14. The zero-order valence-corrected chi connectivity index (χ0v) is 14.8. The van der Waals surface area contributed by atoms with E-state index in [9.17, 15) is 0 Å². The van der Waals surface area contributed by atoms with Crippen molar-refractivity contribution in [3.63, 3.8) is 0 Å². The summed E-state index contributed by atoms with van der Waals surface area (Å²) in [6, 6.07) is 0.903. The van der Waals surface area contributed by atoms with Crippen LogP contribution in [0.5, 0.6) is 0 Å². The van der Waals surface area contributed by atoms with Gasteiger partial charge in [0.05, 0.1) is 0 Å². The molecule has 2 aliphatic carbocycles. The lowest BCUT2D eigenvalue weighted by atomic mass is 9.53. The Hall–Kier alpha value is -0.960. The molecule has 126 valence electrons.